The summed E-state index contributed by atoms with van der Waals surface area (Å²) in [6.07, 6.45) is 5.13. The lowest BCUT2D eigenvalue weighted by Crippen LogP contribution is -2.38. The van der Waals surface area contributed by atoms with Crippen molar-refractivity contribution in [2.24, 2.45) is 5.92 Å². The summed E-state index contributed by atoms with van der Waals surface area (Å²) in [5.74, 6) is 1.68. The predicted octanol–water partition coefficient (Wildman–Crippen LogP) is 4.22. The molecule has 0 spiro atoms. The number of amides is 1. The van der Waals surface area contributed by atoms with Crippen molar-refractivity contribution in [1.29, 1.82) is 0 Å². The Morgan fingerprint density at radius 2 is 2.09 bits per heavy atom. The number of nitrogens with zero attached hydrogens (tertiary/aromatic N) is 3. The zero-order valence-corrected chi connectivity index (χ0v) is 19.8. The van der Waals surface area contributed by atoms with Crippen LogP contribution in [0.15, 0.2) is 46.3 Å². The number of likely N-dealkylation sites (tertiary alicyclic amines) is 1. The first-order valence-corrected chi connectivity index (χ1v) is 11.6. The smallest absolute Gasteiger partial charge is 0.288 e. The van der Waals surface area contributed by atoms with Gasteiger partial charge in [-0.2, -0.15) is 5.10 Å². The molecule has 8 heteroatoms. The van der Waals surface area contributed by atoms with Crippen LogP contribution in [0, 0.1) is 19.8 Å². The molecule has 5 rings (SSSR count). The summed E-state index contributed by atoms with van der Waals surface area (Å²) in [4.78, 5) is 26.7. The number of carbonyl (C=O) groups excluding carboxylic acids is 1. The highest BCUT2D eigenvalue weighted by molar-refractivity contribution is 6.04. The third-order valence-corrected chi connectivity index (χ3v) is 6.93. The van der Waals surface area contributed by atoms with Crippen LogP contribution in [0.4, 0.5) is 5.82 Å². The third kappa shape index (κ3) is 3.59. The minimum absolute atomic E-state index is 0.0241. The van der Waals surface area contributed by atoms with Gasteiger partial charge in [-0.1, -0.05) is 18.2 Å². The van der Waals surface area contributed by atoms with Gasteiger partial charge in [0.05, 0.1) is 5.39 Å². The Balaban J connectivity index is 1.60. The first-order chi connectivity index (χ1) is 16.4. The van der Waals surface area contributed by atoms with Crippen molar-refractivity contribution in [3.05, 3.63) is 58.5 Å². The Labute approximate surface area is 197 Å². The van der Waals surface area contributed by atoms with E-state index >= 15 is 0 Å². The van der Waals surface area contributed by atoms with Crippen molar-refractivity contribution in [2.75, 3.05) is 25.5 Å². The number of aryl methyl sites for hydroxylation is 2. The number of piperidine rings is 1. The van der Waals surface area contributed by atoms with Crippen molar-refractivity contribution in [3.63, 3.8) is 0 Å². The molecule has 1 aliphatic heterocycles. The van der Waals surface area contributed by atoms with Gasteiger partial charge in [-0.3, -0.25) is 9.59 Å². The molecule has 1 saturated heterocycles. The van der Waals surface area contributed by atoms with Crippen LogP contribution < -0.4 is 10.9 Å². The van der Waals surface area contributed by atoms with E-state index < -0.39 is 0 Å². The van der Waals surface area contributed by atoms with Gasteiger partial charge in [0.25, 0.3) is 5.56 Å². The predicted molar refractivity (Wildman–Crippen MR) is 134 cm³/mol. The number of anilines is 1. The van der Waals surface area contributed by atoms with Gasteiger partial charge in [0.2, 0.25) is 5.91 Å². The molecule has 1 amide bonds. The molecule has 4 aromatic rings. The van der Waals surface area contributed by atoms with E-state index in [1.165, 1.54) is 11.6 Å². The molecule has 0 saturated carbocycles. The summed E-state index contributed by atoms with van der Waals surface area (Å²) in [5.41, 5.74) is 4.22. The molecule has 0 atom stereocenters. The molecule has 0 radical (unpaired) electrons. The summed E-state index contributed by atoms with van der Waals surface area (Å²) < 4.78 is 8.34. The number of benzene rings is 1. The Hall–Kier alpha value is -3.81. The van der Waals surface area contributed by atoms with E-state index in [-0.39, 0.29) is 11.5 Å². The Morgan fingerprint density at radius 1 is 1.32 bits per heavy atom. The molecule has 176 valence electrons. The maximum atomic E-state index is 13.0. The lowest BCUT2D eigenvalue weighted by atomic mass is 9.96. The van der Waals surface area contributed by atoms with Crippen molar-refractivity contribution < 1.29 is 9.21 Å². The van der Waals surface area contributed by atoms with Crippen LogP contribution in [-0.4, -0.2) is 45.7 Å². The van der Waals surface area contributed by atoms with E-state index in [1.54, 1.807) is 7.05 Å². The van der Waals surface area contributed by atoms with Crippen molar-refractivity contribution in [1.82, 2.24) is 19.7 Å². The maximum absolute atomic E-state index is 13.0. The van der Waals surface area contributed by atoms with Gasteiger partial charge in [-0.25, -0.2) is 5.10 Å². The molecule has 0 bridgehead atoms. The highest BCUT2D eigenvalue weighted by atomic mass is 16.3. The van der Waals surface area contributed by atoms with Crippen molar-refractivity contribution in [3.8, 4) is 11.3 Å². The highest BCUT2D eigenvalue weighted by Crippen LogP contribution is 2.39. The standard InChI is InChI=1S/C26H29N5O3/c1-5-21(32)30-10-8-17(9-11-30)13-31-14-19(22-23(31)26(33)29-28-25(22)27-4)24-16(3)18-12-15(2)6-7-20(18)34-24/h5-7,12,14,17H,1,8-11,13H2,2-4H3,(H,27,28)(H,29,33). The van der Waals surface area contributed by atoms with Gasteiger partial charge >= 0.3 is 0 Å². The Bertz CT molecular complexity index is 1470. The summed E-state index contributed by atoms with van der Waals surface area (Å²) >= 11 is 0. The summed E-state index contributed by atoms with van der Waals surface area (Å²) in [5, 5.41) is 11.8. The fourth-order valence-electron chi connectivity index (χ4n) is 5.09. The molecule has 0 aliphatic carbocycles. The number of H-pyrrole nitrogens is 1. The summed E-state index contributed by atoms with van der Waals surface area (Å²) in [7, 11) is 1.79. The van der Waals surface area contributed by atoms with Crippen LogP contribution in [0.2, 0.25) is 0 Å². The van der Waals surface area contributed by atoms with Gasteiger partial charge in [-0.05, 0) is 50.8 Å². The van der Waals surface area contributed by atoms with E-state index in [1.807, 2.05) is 27.8 Å². The quantitative estimate of drug-likeness (QED) is 0.436. The number of rotatable bonds is 5. The van der Waals surface area contributed by atoms with Crippen LogP contribution in [0.3, 0.4) is 0 Å². The monoisotopic (exact) mass is 459 g/mol. The minimum atomic E-state index is -0.232. The van der Waals surface area contributed by atoms with E-state index in [0.717, 1.165) is 46.1 Å². The zero-order valence-electron chi connectivity index (χ0n) is 19.8. The molecule has 34 heavy (non-hydrogen) atoms. The largest absolute Gasteiger partial charge is 0.456 e. The molecule has 1 fully saturated rings. The highest BCUT2D eigenvalue weighted by Gasteiger charge is 2.26. The van der Waals surface area contributed by atoms with Gasteiger partial charge < -0.3 is 19.2 Å². The van der Waals surface area contributed by atoms with Gasteiger partial charge in [0.15, 0.2) is 5.82 Å². The van der Waals surface area contributed by atoms with Crippen LogP contribution in [0.25, 0.3) is 33.2 Å². The van der Waals surface area contributed by atoms with E-state index in [4.69, 9.17) is 4.42 Å². The molecule has 1 aliphatic rings. The number of hydrogen-bond donors (Lipinski definition) is 2. The first kappa shape index (κ1) is 22.0. The number of hydrogen-bond acceptors (Lipinski definition) is 5. The normalized spacial score (nSPS) is 14.7. The molecular formula is C26H29N5O3. The fraction of sp³-hybridized carbons (Fsp3) is 0.346. The second-order valence-corrected chi connectivity index (χ2v) is 9.10. The summed E-state index contributed by atoms with van der Waals surface area (Å²) in [6, 6.07) is 6.15. The molecule has 0 unspecified atom stereocenters. The third-order valence-electron chi connectivity index (χ3n) is 6.93. The number of fused-ring (bicyclic) bond motifs is 2. The molecular weight excluding hydrogens is 430 g/mol. The number of furan rings is 1. The van der Waals surface area contributed by atoms with E-state index in [0.29, 0.717) is 36.9 Å². The van der Waals surface area contributed by atoms with Gasteiger partial charge in [0.1, 0.15) is 16.9 Å². The lowest BCUT2D eigenvalue weighted by molar-refractivity contribution is -0.127. The molecule has 1 aromatic carbocycles. The molecule has 3 aromatic heterocycles. The number of carbonyl (C=O) groups is 1. The van der Waals surface area contributed by atoms with Crippen LogP contribution in [0.5, 0.6) is 0 Å². The van der Waals surface area contributed by atoms with Crippen molar-refractivity contribution in [2.45, 2.75) is 33.2 Å². The van der Waals surface area contributed by atoms with Gasteiger partial charge in [0, 0.05) is 49.4 Å². The topological polar surface area (TPSA) is 96.2 Å². The second-order valence-electron chi connectivity index (χ2n) is 9.10. The average Bonchev–Trinajstić information content (AvgIpc) is 3.38. The Kier molecular flexibility index (Phi) is 5.51. The number of aromatic nitrogens is 3. The zero-order chi connectivity index (χ0) is 24.0. The van der Waals surface area contributed by atoms with Gasteiger partial charge in [-0.15, -0.1) is 0 Å². The lowest BCUT2D eigenvalue weighted by Gasteiger charge is -2.31. The van der Waals surface area contributed by atoms with Crippen molar-refractivity contribution >= 4 is 33.6 Å². The maximum Gasteiger partial charge on any atom is 0.288 e. The van der Waals surface area contributed by atoms with E-state index in [2.05, 4.69) is 42.0 Å². The molecule has 2 N–H and O–H groups in total. The second kappa shape index (κ2) is 8.52. The first-order valence-electron chi connectivity index (χ1n) is 11.6. The minimum Gasteiger partial charge on any atom is -0.456 e. The fourth-order valence-corrected chi connectivity index (χ4v) is 5.09. The summed E-state index contributed by atoms with van der Waals surface area (Å²) in [6.45, 7) is 9.78. The molecule has 4 heterocycles. The molecule has 8 nitrogen and oxygen atoms in total. The van der Waals surface area contributed by atoms with E-state index in [9.17, 15) is 9.59 Å². The van der Waals surface area contributed by atoms with Crippen LogP contribution >= 0.6 is 0 Å². The SMILES string of the molecule is C=CC(=O)N1CCC(Cn2cc(-c3oc4ccc(C)cc4c3C)c3c(NC)n[nH]c(=O)c32)CC1. The Morgan fingerprint density at radius 3 is 2.79 bits per heavy atom. The number of aromatic amines is 1. The van der Waals surface area contributed by atoms with Crippen LogP contribution in [-0.2, 0) is 11.3 Å². The number of nitrogens with one attached hydrogen (secondary N) is 2. The average molecular weight is 460 g/mol. The van der Waals surface area contributed by atoms with Crippen LogP contribution in [0.1, 0.15) is 24.0 Å².